The Morgan fingerprint density at radius 1 is 0.619 bits per heavy atom. The van der Waals surface area contributed by atoms with Crippen LogP contribution in [0.2, 0.25) is 0 Å². The van der Waals surface area contributed by atoms with Gasteiger partial charge in [-0.15, -0.1) is 0 Å². The van der Waals surface area contributed by atoms with E-state index in [1.807, 2.05) is 0 Å². The van der Waals surface area contributed by atoms with Crippen LogP contribution in [0.5, 0.6) is 0 Å². The predicted molar refractivity (Wildman–Crippen MR) is 77.6 cm³/mol. The summed E-state index contributed by atoms with van der Waals surface area (Å²) in [5.41, 5.74) is 0. The van der Waals surface area contributed by atoms with Crippen LogP contribution in [0.1, 0.15) is 57.8 Å². The van der Waals surface area contributed by atoms with E-state index in [9.17, 15) is 9.59 Å². The van der Waals surface area contributed by atoms with Crippen molar-refractivity contribution in [2.24, 2.45) is 0 Å². The smallest absolute Gasteiger partial charge is 0.317 e. The molecule has 0 radical (unpaired) electrons. The molecule has 6 nitrogen and oxygen atoms in total. The van der Waals surface area contributed by atoms with Crippen molar-refractivity contribution < 1.29 is 29.3 Å². The Kier molecular flexibility index (Phi) is 14.4. The number of carbonyl (C=O) groups is 2. The predicted octanol–water partition coefficient (Wildman–Crippen LogP) is 1.57. The van der Waals surface area contributed by atoms with Gasteiger partial charge < -0.3 is 19.7 Å². The third-order valence-electron chi connectivity index (χ3n) is 2.92. The van der Waals surface area contributed by atoms with E-state index in [1.165, 1.54) is 0 Å². The van der Waals surface area contributed by atoms with E-state index >= 15 is 0 Å². The Morgan fingerprint density at radius 3 is 1.38 bits per heavy atom. The molecule has 0 aliphatic heterocycles. The van der Waals surface area contributed by atoms with E-state index in [1.54, 1.807) is 0 Å². The van der Waals surface area contributed by atoms with Crippen molar-refractivity contribution in [1.82, 2.24) is 0 Å². The summed E-state index contributed by atoms with van der Waals surface area (Å²) in [6.07, 6.45) is 6.28. The highest BCUT2D eigenvalue weighted by atomic mass is 16.6. The maximum Gasteiger partial charge on any atom is 0.317 e. The number of rotatable bonds is 14. The van der Waals surface area contributed by atoms with Crippen molar-refractivity contribution in [3.63, 3.8) is 0 Å². The highest BCUT2D eigenvalue weighted by Crippen LogP contribution is 2.02. The van der Waals surface area contributed by atoms with Gasteiger partial charge in [-0.3, -0.25) is 9.59 Å². The molecule has 0 rings (SSSR count). The van der Waals surface area contributed by atoms with E-state index in [2.05, 4.69) is 0 Å². The van der Waals surface area contributed by atoms with Gasteiger partial charge in [0, 0.05) is 13.2 Å². The van der Waals surface area contributed by atoms with Crippen LogP contribution in [-0.2, 0) is 19.1 Å². The second kappa shape index (κ2) is 15.3. The molecule has 0 aromatic rings. The third-order valence-corrected chi connectivity index (χ3v) is 2.92. The molecular formula is C15H28O6. The summed E-state index contributed by atoms with van der Waals surface area (Å²) in [6.45, 7) is 0.981. The highest BCUT2D eigenvalue weighted by molar-refractivity contribution is 5.91. The van der Waals surface area contributed by atoms with Gasteiger partial charge in [0.1, 0.15) is 6.42 Å². The Bertz CT molecular complexity index is 241. The van der Waals surface area contributed by atoms with Gasteiger partial charge in [-0.05, 0) is 38.5 Å². The standard InChI is InChI=1S/C15H28O6/c16-9-5-1-3-7-11-20-14(18)13-15(19)21-12-8-4-2-6-10-17/h16-17H,1-13H2. The summed E-state index contributed by atoms with van der Waals surface area (Å²) in [7, 11) is 0. The number of hydrogen-bond acceptors (Lipinski definition) is 6. The number of esters is 2. The average Bonchev–Trinajstić information content (AvgIpc) is 2.46. The maximum absolute atomic E-state index is 11.3. The minimum atomic E-state index is -0.553. The molecule has 0 spiro atoms. The van der Waals surface area contributed by atoms with Crippen molar-refractivity contribution >= 4 is 11.9 Å². The fourth-order valence-corrected chi connectivity index (χ4v) is 1.73. The number of aliphatic hydroxyl groups excluding tert-OH is 2. The first-order chi connectivity index (χ1) is 10.2. The van der Waals surface area contributed by atoms with Crippen LogP contribution in [0.15, 0.2) is 0 Å². The molecule has 0 saturated carbocycles. The van der Waals surface area contributed by atoms with Crippen LogP contribution in [0, 0.1) is 0 Å². The Balaban J connectivity index is 3.38. The molecule has 0 aromatic heterocycles. The van der Waals surface area contributed by atoms with E-state index in [0.29, 0.717) is 13.2 Å². The van der Waals surface area contributed by atoms with Crippen molar-refractivity contribution in [2.75, 3.05) is 26.4 Å². The zero-order chi connectivity index (χ0) is 15.8. The Morgan fingerprint density at radius 2 is 1.00 bits per heavy atom. The number of ether oxygens (including phenoxy) is 2. The molecule has 0 aromatic carbocycles. The lowest BCUT2D eigenvalue weighted by Crippen LogP contribution is -2.15. The summed E-state index contributed by atoms with van der Waals surface area (Å²) in [5.74, 6) is -1.11. The summed E-state index contributed by atoms with van der Waals surface area (Å²) in [5, 5.41) is 17.2. The molecule has 0 heterocycles. The largest absolute Gasteiger partial charge is 0.465 e. The van der Waals surface area contributed by atoms with Gasteiger partial charge >= 0.3 is 11.9 Å². The molecule has 0 bridgehead atoms. The van der Waals surface area contributed by atoms with Crippen LogP contribution < -0.4 is 0 Å². The van der Waals surface area contributed by atoms with E-state index in [-0.39, 0.29) is 19.6 Å². The number of aliphatic hydroxyl groups is 2. The lowest BCUT2D eigenvalue weighted by Gasteiger charge is -2.06. The molecule has 0 amide bonds. The minimum Gasteiger partial charge on any atom is -0.465 e. The molecule has 21 heavy (non-hydrogen) atoms. The summed E-state index contributed by atoms with van der Waals surface area (Å²) in [4.78, 5) is 22.7. The van der Waals surface area contributed by atoms with Gasteiger partial charge in [0.05, 0.1) is 13.2 Å². The lowest BCUT2D eigenvalue weighted by atomic mass is 10.2. The van der Waals surface area contributed by atoms with Crippen LogP contribution in [0.4, 0.5) is 0 Å². The molecule has 0 aliphatic rings. The summed E-state index contributed by atoms with van der Waals surface area (Å²) < 4.78 is 9.84. The van der Waals surface area contributed by atoms with Crippen LogP contribution in [-0.4, -0.2) is 48.6 Å². The van der Waals surface area contributed by atoms with Crippen LogP contribution in [0.3, 0.4) is 0 Å². The second-order valence-electron chi connectivity index (χ2n) is 4.89. The minimum absolute atomic E-state index is 0.186. The Hall–Kier alpha value is -1.14. The van der Waals surface area contributed by atoms with Crippen molar-refractivity contribution in [3.05, 3.63) is 0 Å². The molecule has 2 N–H and O–H groups in total. The lowest BCUT2D eigenvalue weighted by molar-refractivity contribution is -0.154. The van der Waals surface area contributed by atoms with Gasteiger partial charge in [-0.1, -0.05) is 12.8 Å². The maximum atomic E-state index is 11.3. The van der Waals surface area contributed by atoms with Gasteiger partial charge in [0.2, 0.25) is 0 Å². The zero-order valence-corrected chi connectivity index (χ0v) is 12.7. The normalized spacial score (nSPS) is 10.4. The van der Waals surface area contributed by atoms with Gasteiger partial charge in [0.15, 0.2) is 0 Å². The molecule has 0 fully saturated rings. The molecule has 0 unspecified atom stereocenters. The van der Waals surface area contributed by atoms with Crippen molar-refractivity contribution in [3.8, 4) is 0 Å². The van der Waals surface area contributed by atoms with Gasteiger partial charge in [-0.25, -0.2) is 0 Å². The summed E-state index contributed by atoms with van der Waals surface area (Å²) in [6, 6.07) is 0. The quantitative estimate of drug-likeness (QED) is 0.287. The van der Waals surface area contributed by atoms with Gasteiger partial charge in [0.25, 0.3) is 0 Å². The fourth-order valence-electron chi connectivity index (χ4n) is 1.73. The SMILES string of the molecule is O=C(CC(=O)OCCCCCCO)OCCCCCCO. The van der Waals surface area contributed by atoms with Crippen LogP contribution in [0.25, 0.3) is 0 Å². The molecule has 124 valence electrons. The Labute approximate surface area is 126 Å². The zero-order valence-electron chi connectivity index (χ0n) is 12.7. The van der Waals surface area contributed by atoms with Crippen LogP contribution >= 0.6 is 0 Å². The first kappa shape index (κ1) is 19.9. The second-order valence-corrected chi connectivity index (χ2v) is 4.89. The highest BCUT2D eigenvalue weighted by Gasteiger charge is 2.11. The molecule has 6 heteroatoms. The molecule has 0 saturated heterocycles. The number of carbonyl (C=O) groups excluding carboxylic acids is 2. The van der Waals surface area contributed by atoms with Gasteiger partial charge in [-0.2, -0.15) is 0 Å². The van der Waals surface area contributed by atoms with Crippen molar-refractivity contribution in [1.29, 1.82) is 0 Å². The number of unbranched alkanes of at least 4 members (excludes halogenated alkanes) is 6. The van der Waals surface area contributed by atoms with E-state index < -0.39 is 11.9 Å². The first-order valence-corrected chi connectivity index (χ1v) is 7.73. The molecule has 0 atom stereocenters. The monoisotopic (exact) mass is 304 g/mol. The third kappa shape index (κ3) is 15.1. The molecule has 0 aliphatic carbocycles. The average molecular weight is 304 g/mol. The number of hydrogen-bond donors (Lipinski definition) is 2. The fraction of sp³-hybridized carbons (Fsp3) is 0.867. The van der Waals surface area contributed by atoms with E-state index in [0.717, 1.165) is 51.4 Å². The topological polar surface area (TPSA) is 93.1 Å². The van der Waals surface area contributed by atoms with E-state index in [4.69, 9.17) is 19.7 Å². The first-order valence-electron chi connectivity index (χ1n) is 7.73. The molecular weight excluding hydrogens is 276 g/mol. The summed E-state index contributed by atoms with van der Waals surface area (Å²) >= 11 is 0. The van der Waals surface area contributed by atoms with Crippen molar-refractivity contribution in [2.45, 2.75) is 57.8 Å².